The summed E-state index contributed by atoms with van der Waals surface area (Å²) < 4.78 is 5.21. The Kier molecular flexibility index (Phi) is 6.76. The number of methoxy groups -OCH3 is 1. The minimum Gasteiger partial charge on any atom is -0.497 e. The molecule has 102 valence electrons. The topological polar surface area (TPSA) is 47.3 Å². The first-order valence-corrected chi connectivity index (χ1v) is 6.71. The Morgan fingerprint density at radius 1 is 1.33 bits per heavy atom. The second-order valence-corrected chi connectivity index (χ2v) is 5.05. The minimum atomic E-state index is 0.565. The molecule has 3 N–H and O–H groups in total. The van der Waals surface area contributed by atoms with Crippen molar-refractivity contribution in [3.8, 4) is 5.75 Å². The number of rotatable bonds is 8. The van der Waals surface area contributed by atoms with E-state index in [1.807, 2.05) is 12.1 Å². The Hall–Kier alpha value is -1.06. The molecule has 3 heteroatoms. The van der Waals surface area contributed by atoms with Crippen molar-refractivity contribution < 1.29 is 4.74 Å². The van der Waals surface area contributed by atoms with Gasteiger partial charge in [0.2, 0.25) is 0 Å². The third-order valence-electron chi connectivity index (χ3n) is 3.38. The number of nitrogens with two attached hydrogens (primary N) is 1. The van der Waals surface area contributed by atoms with Gasteiger partial charge in [0.15, 0.2) is 0 Å². The molecular formula is C15H26N2O. The number of nitrogens with one attached hydrogen (secondary N) is 1. The summed E-state index contributed by atoms with van der Waals surface area (Å²) in [5.41, 5.74) is 7.05. The predicted molar refractivity (Wildman–Crippen MR) is 77.0 cm³/mol. The van der Waals surface area contributed by atoms with E-state index in [4.69, 9.17) is 10.5 Å². The standard InChI is InChI=1S/C15H26N2O/c1-12(2)14(10-16)11-17-8-7-13-5-4-6-15(9-13)18-3/h4-6,9,12,14,17H,7-8,10-11,16H2,1-3H3. The maximum atomic E-state index is 5.75. The van der Waals surface area contributed by atoms with Crippen LogP contribution in [0.3, 0.4) is 0 Å². The van der Waals surface area contributed by atoms with Gasteiger partial charge in [-0.15, -0.1) is 0 Å². The van der Waals surface area contributed by atoms with Crippen LogP contribution >= 0.6 is 0 Å². The lowest BCUT2D eigenvalue weighted by molar-refractivity contribution is 0.372. The van der Waals surface area contributed by atoms with Gasteiger partial charge in [0, 0.05) is 0 Å². The molecule has 0 saturated carbocycles. The van der Waals surface area contributed by atoms with Gasteiger partial charge in [0.05, 0.1) is 7.11 Å². The number of ether oxygens (including phenoxy) is 1. The van der Waals surface area contributed by atoms with E-state index in [9.17, 15) is 0 Å². The lowest BCUT2D eigenvalue weighted by Gasteiger charge is -2.19. The van der Waals surface area contributed by atoms with Crippen molar-refractivity contribution in [2.75, 3.05) is 26.7 Å². The summed E-state index contributed by atoms with van der Waals surface area (Å²) in [6.45, 7) is 7.18. The lowest BCUT2D eigenvalue weighted by Crippen LogP contribution is -2.32. The van der Waals surface area contributed by atoms with E-state index < -0.39 is 0 Å². The van der Waals surface area contributed by atoms with Gasteiger partial charge in [-0.2, -0.15) is 0 Å². The molecule has 1 rings (SSSR count). The summed E-state index contributed by atoms with van der Waals surface area (Å²) in [5.74, 6) is 2.13. The molecule has 0 heterocycles. The quantitative estimate of drug-likeness (QED) is 0.694. The fourth-order valence-corrected chi connectivity index (χ4v) is 1.94. The molecule has 0 spiro atoms. The van der Waals surface area contributed by atoms with E-state index in [2.05, 4.69) is 31.3 Å². The molecule has 18 heavy (non-hydrogen) atoms. The van der Waals surface area contributed by atoms with E-state index in [-0.39, 0.29) is 0 Å². The predicted octanol–water partition coefficient (Wildman–Crippen LogP) is 2.06. The highest BCUT2D eigenvalue weighted by Gasteiger charge is 2.10. The first-order valence-electron chi connectivity index (χ1n) is 6.71. The van der Waals surface area contributed by atoms with E-state index in [1.54, 1.807) is 7.11 Å². The number of hydrogen-bond donors (Lipinski definition) is 2. The van der Waals surface area contributed by atoms with Crippen LogP contribution in [-0.2, 0) is 6.42 Å². The van der Waals surface area contributed by atoms with Crippen LogP contribution in [0.15, 0.2) is 24.3 Å². The zero-order valence-electron chi connectivity index (χ0n) is 11.8. The average molecular weight is 250 g/mol. The van der Waals surface area contributed by atoms with Gasteiger partial charge in [-0.1, -0.05) is 26.0 Å². The van der Waals surface area contributed by atoms with Crippen molar-refractivity contribution in [3.05, 3.63) is 29.8 Å². The normalized spacial score (nSPS) is 12.7. The molecule has 0 amide bonds. The highest BCUT2D eigenvalue weighted by Crippen LogP contribution is 2.12. The van der Waals surface area contributed by atoms with Crippen molar-refractivity contribution >= 4 is 0 Å². The molecule has 0 aliphatic heterocycles. The van der Waals surface area contributed by atoms with Gasteiger partial charge in [-0.05, 0) is 55.6 Å². The molecule has 0 fully saturated rings. The Labute approximate surface area is 111 Å². The maximum absolute atomic E-state index is 5.75. The first kappa shape index (κ1) is 15.0. The largest absolute Gasteiger partial charge is 0.497 e. The smallest absolute Gasteiger partial charge is 0.119 e. The molecule has 3 nitrogen and oxygen atoms in total. The third-order valence-corrected chi connectivity index (χ3v) is 3.38. The highest BCUT2D eigenvalue weighted by atomic mass is 16.5. The lowest BCUT2D eigenvalue weighted by atomic mass is 9.96. The molecule has 0 aliphatic carbocycles. The monoisotopic (exact) mass is 250 g/mol. The van der Waals surface area contributed by atoms with Crippen LogP contribution in [0.4, 0.5) is 0 Å². The van der Waals surface area contributed by atoms with Gasteiger partial charge in [-0.25, -0.2) is 0 Å². The van der Waals surface area contributed by atoms with Gasteiger partial charge < -0.3 is 15.8 Å². The van der Waals surface area contributed by atoms with E-state index in [0.29, 0.717) is 11.8 Å². The first-order chi connectivity index (χ1) is 8.67. The molecule has 1 atom stereocenters. The van der Waals surface area contributed by atoms with Gasteiger partial charge in [0.25, 0.3) is 0 Å². The zero-order chi connectivity index (χ0) is 13.4. The Balaban J connectivity index is 2.28. The maximum Gasteiger partial charge on any atom is 0.119 e. The number of hydrogen-bond acceptors (Lipinski definition) is 3. The fraction of sp³-hybridized carbons (Fsp3) is 0.600. The van der Waals surface area contributed by atoms with E-state index in [1.165, 1.54) is 5.56 Å². The second kappa shape index (κ2) is 8.11. The van der Waals surface area contributed by atoms with Crippen molar-refractivity contribution in [1.29, 1.82) is 0 Å². The summed E-state index contributed by atoms with van der Waals surface area (Å²) in [6, 6.07) is 8.22. The van der Waals surface area contributed by atoms with Crippen LogP contribution in [-0.4, -0.2) is 26.7 Å². The van der Waals surface area contributed by atoms with Gasteiger partial charge in [0.1, 0.15) is 5.75 Å². The third kappa shape index (κ3) is 5.07. The molecular weight excluding hydrogens is 224 g/mol. The Morgan fingerprint density at radius 3 is 2.72 bits per heavy atom. The van der Waals surface area contributed by atoms with Crippen molar-refractivity contribution in [2.24, 2.45) is 17.6 Å². The SMILES string of the molecule is COc1cccc(CCNCC(CN)C(C)C)c1. The van der Waals surface area contributed by atoms with Crippen LogP contribution < -0.4 is 15.8 Å². The second-order valence-electron chi connectivity index (χ2n) is 5.05. The summed E-state index contributed by atoms with van der Waals surface area (Å²) >= 11 is 0. The fourth-order valence-electron chi connectivity index (χ4n) is 1.94. The summed E-state index contributed by atoms with van der Waals surface area (Å²) in [5, 5.41) is 3.48. The van der Waals surface area contributed by atoms with E-state index >= 15 is 0 Å². The molecule has 1 aromatic carbocycles. The van der Waals surface area contributed by atoms with Crippen molar-refractivity contribution in [3.63, 3.8) is 0 Å². The molecule has 1 aromatic rings. The minimum absolute atomic E-state index is 0.565. The van der Waals surface area contributed by atoms with Crippen LogP contribution in [0.2, 0.25) is 0 Å². The average Bonchev–Trinajstić information content (AvgIpc) is 2.38. The molecule has 1 unspecified atom stereocenters. The Morgan fingerprint density at radius 2 is 2.11 bits per heavy atom. The van der Waals surface area contributed by atoms with Crippen LogP contribution in [0.1, 0.15) is 19.4 Å². The molecule has 0 saturated heterocycles. The van der Waals surface area contributed by atoms with E-state index in [0.717, 1.165) is 31.8 Å². The highest BCUT2D eigenvalue weighted by molar-refractivity contribution is 5.28. The molecule has 0 aliphatic rings. The Bertz CT molecular complexity index is 339. The van der Waals surface area contributed by atoms with Crippen LogP contribution in [0.5, 0.6) is 5.75 Å². The number of benzene rings is 1. The van der Waals surface area contributed by atoms with Gasteiger partial charge in [-0.3, -0.25) is 0 Å². The summed E-state index contributed by atoms with van der Waals surface area (Å²) in [4.78, 5) is 0. The molecule has 0 aromatic heterocycles. The molecule has 0 bridgehead atoms. The molecule has 0 radical (unpaired) electrons. The van der Waals surface area contributed by atoms with Gasteiger partial charge >= 0.3 is 0 Å². The zero-order valence-corrected chi connectivity index (χ0v) is 11.8. The van der Waals surface area contributed by atoms with Crippen LogP contribution in [0, 0.1) is 11.8 Å². The summed E-state index contributed by atoms with van der Waals surface area (Å²) in [6.07, 6.45) is 1.02. The van der Waals surface area contributed by atoms with Crippen LogP contribution in [0.25, 0.3) is 0 Å². The van der Waals surface area contributed by atoms with Crippen molar-refractivity contribution in [2.45, 2.75) is 20.3 Å². The summed E-state index contributed by atoms with van der Waals surface area (Å²) in [7, 11) is 1.70. The van der Waals surface area contributed by atoms with Crippen molar-refractivity contribution in [1.82, 2.24) is 5.32 Å².